The van der Waals surface area contributed by atoms with Crippen LogP contribution in [0.25, 0.3) is 10.6 Å². The maximum absolute atomic E-state index is 12.8. The molecule has 3 aromatic rings. The molecule has 0 aliphatic heterocycles. The number of carbonyl (C=O) groups excluding carboxylic acids is 1. The Morgan fingerprint density at radius 3 is 2.48 bits per heavy atom. The van der Waals surface area contributed by atoms with Crippen LogP contribution in [0.1, 0.15) is 33.7 Å². The monoisotopic (exact) mass is 449 g/mol. The van der Waals surface area contributed by atoms with Gasteiger partial charge in [0.25, 0.3) is 0 Å². The fourth-order valence-corrected chi connectivity index (χ4v) is 4.09. The quantitative estimate of drug-likeness (QED) is 0.472. The molecule has 0 aliphatic carbocycles. The molecule has 0 amide bonds. The van der Waals surface area contributed by atoms with E-state index in [1.54, 1.807) is 0 Å². The highest BCUT2D eigenvalue weighted by atomic mass is 32.1. The van der Waals surface area contributed by atoms with E-state index >= 15 is 0 Å². The summed E-state index contributed by atoms with van der Waals surface area (Å²) in [5.41, 5.74) is 3.82. The highest BCUT2D eigenvalue weighted by Gasteiger charge is 2.30. The summed E-state index contributed by atoms with van der Waals surface area (Å²) in [5.74, 6) is 4.41. The first-order valence-corrected chi connectivity index (χ1v) is 10.4. The Kier molecular flexibility index (Phi) is 6.97. The predicted octanol–water partition coefficient (Wildman–Crippen LogP) is 5.41. The molecular weight excluding hydrogens is 427 g/mol. The number of aromatic nitrogens is 1. The first kappa shape index (κ1) is 22.8. The highest BCUT2D eigenvalue weighted by Crippen LogP contribution is 2.33. The van der Waals surface area contributed by atoms with Crippen LogP contribution in [0.3, 0.4) is 0 Å². The summed E-state index contributed by atoms with van der Waals surface area (Å²) in [6.07, 6.45) is -3.59. The van der Waals surface area contributed by atoms with Crippen molar-refractivity contribution >= 4 is 23.0 Å². The lowest BCUT2D eigenvalue weighted by Crippen LogP contribution is -2.10. The molecule has 0 atom stereocenters. The van der Waals surface area contributed by atoms with Crippen LogP contribution < -0.4 is 11.2 Å². The van der Waals surface area contributed by atoms with Crippen LogP contribution in [0.2, 0.25) is 0 Å². The largest absolute Gasteiger partial charge is 0.416 e. The summed E-state index contributed by atoms with van der Waals surface area (Å²) in [6, 6.07) is 10.9. The molecule has 31 heavy (non-hydrogen) atoms. The molecule has 0 unspecified atom stereocenters. The number of carbonyl (C=O) groups is 1. The van der Waals surface area contributed by atoms with Crippen LogP contribution in [0.5, 0.6) is 0 Å². The summed E-state index contributed by atoms with van der Waals surface area (Å²) in [6.45, 7) is 4.39. The second-order valence-corrected chi connectivity index (χ2v) is 8.17. The van der Waals surface area contributed by atoms with E-state index in [4.69, 9.17) is 5.90 Å². The minimum absolute atomic E-state index is 0.219. The fourth-order valence-electron chi connectivity index (χ4n) is 3.08. The zero-order chi connectivity index (χ0) is 22.6. The Labute approximate surface area is 182 Å². The van der Waals surface area contributed by atoms with Crippen molar-refractivity contribution in [2.45, 2.75) is 39.4 Å². The zero-order valence-corrected chi connectivity index (χ0v) is 17.9. The number of nitrogens with zero attached hydrogens (tertiary/aromatic N) is 1. The van der Waals surface area contributed by atoms with E-state index in [0.29, 0.717) is 23.5 Å². The Bertz CT molecular complexity index is 1060. The van der Waals surface area contributed by atoms with Gasteiger partial charge in [-0.25, -0.2) is 4.98 Å². The molecule has 9 heteroatoms. The van der Waals surface area contributed by atoms with E-state index in [2.05, 4.69) is 15.1 Å². The molecule has 0 saturated heterocycles. The average molecular weight is 449 g/mol. The average Bonchev–Trinajstić information content (AvgIpc) is 3.11. The number of rotatable bonds is 7. The Morgan fingerprint density at radius 1 is 1.16 bits per heavy atom. The molecule has 1 heterocycles. The number of anilines is 1. The number of benzene rings is 2. The van der Waals surface area contributed by atoms with Crippen molar-refractivity contribution in [2.24, 2.45) is 5.90 Å². The second kappa shape index (κ2) is 9.49. The van der Waals surface area contributed by atoms with Gasteiger partial charge in [0.2, 0.25) is 0 Å². The third kappa shape index (κ3) is 5.83. The highest BCUT2D eigenvalue weighted by molar-refractivity contribution is 7.15. The number of hydrogen-bond acceptors (Lipinski definition) is 6. The minimum Gasteiger partial charge on any atom is -0.380 e. The lowest BCUT2D eigenvalue weighted by atomic mass is 10.0. The molecule has 5 nitrogen and oxygen atoms in total. The van der Waals surface area contributed by atoms with Crippen LogP contribution in [-0.4, -0.2) is 11.0 Å². The summed E-state index contributed by atoms with van der Waals surface area (Å²) < 4.78 is 38.3. The molecule has 0 aliphatic rings. The predicted molar refractivity (Wildman–Crippen MR) is 114 cm³/mol. The number of aryl methyl sites for hydroxylation is 3. The lowest BCUT2D eigenvalue weighted by molar-refractivity contribution is -0.144. The van der Waals surface area contributed by atoms with Gasteiger partial charge in [-0.3, -0.25) is 4.79 Å². The van der Waals surface area contributed by atoms with Gasteiger partial charge in [-0.2, -0.15) is 19.1 Å². The van der Waals surface area contributed by atoms with Crippen molar-refractivity contribution in [1.29, 1.82) is 0 Å². The first-order valence-electron chi connectivity index (χ1n) is 9.54. The van der Waals surface area contributed by atoms with E-state index in [9.17, 15) is 18.0 Å². The minimum atomic E-state index is -4.35. The Balaban J connectivity index is 1.66. The van der Waals surface area contributed by atoms with Crippen LogP contribution in [0, 0.1) is 13.8 Å². The molecule has 0 fully saturated rings. The van der Waals surface area contributed by atoms with Crippen LogP contribution in [0.15, 0.2) is 42.5 Å². The molecule has 3 N–H and O–H groups in total. The lowest BCUT2D eigenvalue weighted by Gasteiger charge is -2.10. The van der Waals surface area contributed by atoms with E-state index in [1.165, 1.54) is 23.5 Å². The SMILES string of the molecule is Cc1cc(NCc2sc(-c3ccc(C(F)(F)F)cc3)nc2C)ccc1CCC(=O)ON. The third-order valence-corrected chi connectivity index (χ3v) is 6.08. The summed E-state index contributed by atoms with van der Waals surface area (Å²) in [5, 5.41) is 4.03. The number of halogens is 3. The first-order chi connectivity index (χ1) is 14.7. The second-order valence-electron chi connectivity index (χ2n) is 7.09. The molecular formula is C22H22F3N3O2S. The van der Waals surface area contributed by atoms with Gasteiger partial charge in [0.15, 0.2) is 0 Å². The zero-order valence-electron chi connectivity index (χ0n) is 17.0. The van der Waals surface area contributed by atoms with E-state index in [-0.39, 0.29) is 6.42 Å². The van der Waals surface area contributed by atoms with Gasteiger partial charge in [-0.1, -0.05) is 18.2 Å². The standard InChI is InChI=1S/C22H22F3N3O2S/c1-13-11-18(9-5-15(13)6-10-20(29)30-26)27-12-19-14(2)28-21(31-19)16-3-7-17(8-4-16)22(23,24)25/h3-5,7-9,11,27H,6,10,12,26H2,1-2H3. The molecule has 2 aromatic carbocycles. The summed E-state index contributed by atoms with van der Waals surface area (Å²) in [4.78, 5) is 20.9. The van der Waals surface area contributed by atoms with Crippen molar-refractivity contribution in [3.63, 3.8) is 0 Å². The van der Waals surface area contributed by atoms with E-state index in [0.717, 1.165) is 39.5 Å². The molecule has 3 rings (SSSR count). The number of nitrogens with one attached hydrogen (secondary N) is 1. The Hall–Kier alpha value is -2.91. The van der Waals surface area contributed by atoms with Crippen molar-refractivity contribution in [3.8, 4) is 10.6 Å². The van der Waals surface area contributed by atoms with Gasteiger partial charge in [0, 0.05) is 16.1 Å². The molecule has 0 bridgehead atoms. The molecule has 0 radical (unpaired) electrons. The number of nitrogens with two attached hydrogens (primary N) is 1. The van der Waals surface area contributed by atoms with Crippen LogP contribution in [0.4, 0.5) is 18.9 Å². The molecule has 0 saturated carbocycles. The van der Waals surface area contributed by atoms with Gasteiger partial charge in [0.05, 0.1) is 24.2 Å². The number of alkyl halides is 3. The maximum atomic E-state index is 12.8. The smallest absolute Gasteiger partial charge is 0.380 e. The molecule has 1 aromatic heterocycles. The summed E-state index contributed by atoms with van der Waals surface area (Å²) in [7, 11) is 0. The summed E-state index contributed by atoms with van der Waals surface area (Å²) >= 11 is 1.45. The van der Waals surface area contributed by atoms with Gasteiger partial charge in [-0.05, 0) is 55.7 Å². The molecule has 164 valence electrons. The topological polar surface area (TPSA) is 77.2 Å². The van der Waals surface area contributed by atoms with E-state index in [1.807, 2.05) is 32.0 Å². The third-order valence-electron chi connectivity index (χ3n) is 4.88. The van der Waals surface area contributed by atoms with Crippen molar-refractivity contribution in [2.75, 3.05) is 5.32 Å². The maximum Gasteiger partial charge on any atom is 0.416 e. The Morgan fingerprint density at radius 2 is 1.87 bits per heavy atom. The van der Waals surface area contributed by atoms with Crippen molar-refractivity contribution in [1.82, 2.24) is 4.98 Å². The normalized spacial score (nSPS) is 11.4. The van der Waals surface area contributed by atoms with Crippen molar-refractivity contribution in [3.05, 3.63) is 69.7 Å². The van der Waals surface area contributed by atoms with Gasteiger partial charge < -0.3 is 10.2 Å². The van der Waals surface area contributed by atoms with Gasteiger partial charge >= 0.3 is 12.1 Å². The van der Waals surface area contributed by atoms with Crippen molar-refractivity contribution < 1.29 is 22.8 Å². The number of thiazole rings is 1. The van der Waals surface area contributed by atoms with Crippen LogP contribution in [-0.2, 0) is 28.8 Å². The van der Waals surface area contributed by atoms with Gasteiger partial charge in [-0.15, -0.1) is 11.3 Å². The fraction of sp³-hybridized carbons (Fsp3) is 0.273. The van der Waals surface area contributed by atoms with Gasteiger partial charge in [0.1, 0.15) is 5.01 Å². The molecule has 0 spiro atoms. The van der Waals surface area contributed by atoms with E-state index < -0.39 is 17.7 Å². The van der Waals surface area contributed by atoms with Crippen LogP contribution >= 0.6 is 11.3 Å². The number of hydrogen-bond donors (Lipinski definition) is 2.